The number of nitrogens with zero attached hydrogens (tertiary/aromatic N) is 6. The van der Waals surface area contributed by atoms with Crippen molar-refractivity contribution in [3.05, 3.63) is 78.0 Å². The van der Waals surface area contributed by atoms with E-state index in [1.165, 1.54) is 0 Å². The molecule has 2 atom stereocenters. The molecule has 9 nitrogen and oxygen atoms in total. The lowest BCUT2D eigenvalue weighted by Gasteiger charge is -2.33. The van der Waals surface area contributed by atoms with Crippen LogP contribution < -0.4 is 5.32 Å². The van der Waals surface area contributed by atoms with E-state index in [9.17, 15) is 9.59 Å². The average molecular weight is 413 g/mol. The second-order valence-electron chi connectivity index (χ2n) is 8.05. The minimum atomic E-state index is -0.867. The zero-order chi connectivity index (χ0) is 21.2. The van der Waals surface area contributed by atoms with Crippen LogP contribution >= 0.6 is 0 Å². The number of anilines is 1. The van der Waals surface area contributed by atoms with Crippen LogP contribution in [0.3, 0.4) is 0 Å². The molecule has 5 heterocycles. The third-order valence-electron chi connectivity index (χ3n) is 6.44. The number of pyridine rings is 1. The lowest BCUT2D eigenvalue weighted by molar-refractivity contribution is -0.121. The molecule has 3 aromatic heterocycles. The van der Waals surface area contributed by atoms with Gasteiger partial charge < -0.3 is 10.2 Å². The Morgan fingerprint density at radius 2 is 2.10 bits per heavy atom. The summed E-state index contributed by atoms with van der Waals surface area (Å²) < 4.78 is 3.41. The van der Waals surface area contributed by atoms with Gasteiger partial charge in [0.05, 0.1) is 17.8 Å². The summed E-state index contributed by atoms with van der Waals surface area (Å²) in [6.45, 7) is 0.440. The van der Waals surface area contributed by atoms with Crippen LogP contribution in [0.25, 0.3) is 5.65 Å². The topological polar surface area (TPSA) is 97.4 Å². The van der Waals surface area contributed by atoms with Crippen molar-refractivity contribution in [2.45, 2.75) is 17.9 Å². The van der Waals surface area contributed by atoms with Crippen molar-refractivity contribution in [3.63, 3.8) is 0 Å². The van der Waals surface area contributed by atoms with Crippen LogP contribution in [0.4, 0.5) is 5.69 Å². The first-order chi connectivity index (χ1) is 15.1. The van der Waals surface area contributed by atoms with E-state index in [0.29, 0.717) is 24.2 Å². The molecule has 1 aromatic carbocycles. The molecular formula is C22H19N7O2. The van der Waals surface area contributed by atoms with Gasteiger partial charge in [-0.1, -0.05) is 18.2 Å². The number of hydrogen-bond donors (Lipinski definition) is 1. The fraction of sp³-hybridized carbons (Fsp3) is 0.227. The summed E-state index contributed by atoms with van der Waals surface area (Å²) in [6, 6.07) is 10.8. The summed E-state index contributed by atoms with van der Waals surface area (Å²) in [5, 5.41) is 15.4. The number of likely N-dealkylation sites (tertiary alicyclic amines) is 1. The van der Waals surface area contributed by atoms with Gasteiger partial charge in [-0.15, -0.1) is 10.2 Å². The smallest absolute Gasteiger partial charge is 0.258 e. The molecule has 31 heavy (non-hydrogen) atoms. The molecule has 2 aliphatic heterocycles. The highest BCUT2D eigenvalue weighted by molar-refractivity contribution is 6.08. The molecule has 0 unspecified atom stereocenters. The summed E-state index contributed by atoms with van der Waals surface area (Å²) in [5.41, 5.74) is 2.63. The summed E-state index contributed by atoms with van der Waals surface area (Å²) in [4.78, 5) is 29.0. The summed E-state index contributed by atoms with van der Waals surface area (Å²) in [7, 11) is 1.83. The van der Waals surface area contributed by atoms with Crippen molar-refractivity contribution >= 4 is 23.1 Å². The number of carbonyl (C=O) groups is 2. The molecular weight excluding hydrogens is 394 g/mol. The summed E-state index contributed by atoms with van der Waals surface area (Å²) in [5.74, 6) is -0.264. The molecule has 154 valence electrons. The molecule has 6 rings (SSSR count). The Kier molecular flexibility index (Phi) is 3.59. The van der Waals surface area contributed by atoms with E-state index in [-0.39, 0.29) is 11.8 Å². The number of hydrogen-bond acceptors (Lipinski definition) is 5. The lowest BCUT2D eigenvalue weighted by Crippen LogP contribution is -2.42. The first-order valence-electron chi connectivity index (χ1n) is 10.1. The zero-order valence-corrected chi connectivity index (χ0v) is 16.8. The van der Waals surface area contributed by atoms with Crippen LogP contribution in [-0.4, -0.2) is 47.6 Å². The minimum absolute atomic E-state index is 0.0847. The molecule has 1 fully saturated rings. The number of aryl methyl sites for hydroxylation is 1. The van der Waals surface area contributed by atoms with Gasteiger partial charge in [0, 0.05) is 37.2 Å². The SMILES string of the molecule is Cn1cc([C@@H]2N(C(=O)c3cccn4cnnc34)CC[C@]23C(=O)Nc2ccccc23)cn1. The van der Waals surface area contributed by atoms with Crippen LogP contribution in [-0.2, 0) is 17.3 Å². The third kappa shape index (κ3) is 2.34. The standard InChI is InChI=1S/C22H19N7O2/c1-27-12-14(11-24-27)18-22(16-6-2-3-7-17(16)25-21(22)31)8-10-29(18)20(30)15-5-4-9-28-13-23-26-19(15)28/h2-7,9,11-13,18H,8,10H2,1H3,(H,25,31)/t18-,22+/m0/s1. The van der Waals surface area contributed by atoms with Gasteiger partial charge in [0.1, 0.15) is 11.7 Å². The number of rotatable bonds is 2. The normalized spacial score (nSPS) is 22.3. The van der Waals surface area contributed by atoms with E-state index in [4.69, 9.17) is 0 Å². The van der Waals surface area contributed by atoms with Crippen LogP contribution in [0.2, 0.25) is 0 Å². The second kappa shape index (κ2) is 6.24. The van der Waals surface area contributed by atoms with E-state index in [1.54, 1.807) is 44.8 Å². The average Bonchev–Trinajstić information content (AvgIpc) is 3.54. The molecule has 9 heteroatoms. The van der Waals surface area contributed by atoms with Crippen LogP contribution in [0.15, 0.2) is 61.3 Å². The summed E-state index contributed by atoms with van der Waals surface area (Å²) >= 11 is 0. The Balaban J connectivity index is 1.53. The van der Waals surface area contributed by atoms with Crippen LogP contribution in [0.1, 0.15) is 33.9 Å². The number of benzene rings is 1. The van der Waals surface area contributed by atoms with E-state index in [1.807, 2.05) is 37.5 Å². The van der Waals surface area contributed by atoms with Crippen molar-refractivity contribution in [1.82, 2.24) is 29.3 Å². The van der Waals surface area contributed by atoms with Gasteiger partial charge in [-0.25, -0.2) is 0 Å². The number of aromatic nitrogens is 5. The molecule has 0 radical (unpaired) electrons. The van der Waals surface area contributed by atoms with Crippen molar-refractivity contribution in [3.8, 4) is 0 Å². The van der Waals surface area contributed by atoms with Gasteiger partial charge in [0.15, 0.2) is 5.65 Å². The number of nitrogens with one attached hydrogen (secondary N) is 1. The maximum atomic E-state index is 13.8. The van der Waals surface area contributed by atoms with Crippen molar-refractivity contribution in [1.29, 1.82) is 0 Å². The molecule has 1 saturated heterocycles. The molecule has 2 aliphatic rings. The van der Waals surface area contributed by atoms with E-state index in [0.717, 1.165) is 16.8 Å². The summed E-state index contributed by atoms with van der Waals surface area (Å²) in [6.07, 6.45) is 7.51. The molecule has 1 N–H and O–H groups in total. The Hall–Kier alpha value is -4.01. The Morgan fingerprint density at radius 3 is 2.94 bits per heavy atom. The van der Waals surface area contributed by atoms with E-state index < -0.39 is 11.5 Å². The Bertz CT molecular complexity index is 1360. The van der Waals surface area contributed by atoms with Gasteiger partial charge in [0.25, 0.3) is 5.91 Å². The van der Waals surface area contributed by atoms with Crippen molar-refractivity contribution < 1.29 is 9.59 Å². The van der Waals surface area contributed by atoms with Gasteiger partial charge >= 0.3 is 0 Å². The molecule has 1 spiro atoms. The fourth-order valence-electron chi connectivity index (χ4n) is 5.12. The Labute approximate surface area is 177 Å². The number of para-hydroxylation sites is 1. The fourth-order valence-corrected chi connectivity index (χ4v) is 5.12. The monoisotopic (exact) mass is 413 g/mol. The van der Waals surface area contributed by atoms with Crippen LogP contribution in [0.5, 0.6) is 0 Å². The molecule has 2 amide bonds. The van der Waals surface area contributed by atoms with Crippen LogP contribution in [0, 0.1) is 0 Å². The second-order valence-corrected chi connectivity index (χ2v) is 8.05. The van der Waals surface area contributed by atoms with E-state index in [2.05, 4.69) is 20.6 Å². The first kappa shape index (κ1) is 17.8. The largest absolute Gasteiger partial charge is 0.330 e. The quantitative estimate of drug-likeness (QED) is 0.542. The van der Waals surface area contributed by atoms with Gasteiger partial charge in [-0.05, 0) is 30.2 Å². The Morgan fingerprint density at radius 1 is 1.23 bits per heavy atom. The highest BCUT2D eigenvalue weighted by Gasteiger charge is 2.59. The highest BCUT2D eigenvalue weighted by Crippen LogP contribution is 2.54. The number of fused-ring (bicyclic) bond motifs is 3. The van der Waals surface area contributed by atoms with Gasteiger partial charge in [-0.3, -0.25) is 18.7 Å². The molecule has 0 bridgehead atoms. The predicted molar refractivity (Wildman–Crippen MR) is 111 cm³/mol. The predicted octanol–water partition coefficient (Wildman–Crippen LogP) is 1.94. The van der Waals surface area contributed by atoms with E-state index >= 15 is 0 Å². The number of amides is 2. The van der Waals surface area contributed by atoms with Crippen molar-refractivity contribution in [2.24, 2.45) is 7.05 Å². The molecule has 4 aromatic rings. The highest BCUT2D eigenvalue weighted by atomic mass is 16.2. The zero-order valence-electron chi connectivity index (χ0n) is 16.8. The van der Waals surface area contributed by atoms with Gasteiger partial charge in [-0.2, -0.15) is 5.10 Å². The number of carbonyl (C=O) groups excluding carboxylic acids is 2. The first-order valence-corrected chi connectivity index (χ1v) is 10.1. The van der Waals surface area contributed by atoms with Gasteiger partial charge in [0.2, 0.25) is 5.91 Å². The molecule has 0 saturated carbocycles. The minimum Gasteiger partial charge on any atom is -0.330 e. The lowest BCUT2D eigenvalue weighted by atomic mass is 9.73. The molecule has 0 aliphatic carbocycles. The maximum Gasteiger partial charge on any atom is 0.258 e. The van der Waals surface area contributed by atoms with Crippen molar-refractivity contribution in [2.75, 3.05) is 11.9 Å². The third-order valence-corrected chi connectivity index (χ3v) is 6.44. The maximum absolute atomic E-state index is 13.8.